The van der Waals surface area contributed by atoms with E-state index in [4.69, 9.17) is 9.47 Å². The van der Waals surface area contributed by atoms with Gasteiger partial charge in [-0.3, -0.25) is 4.79 Å². The minimum atomic E-state index is -0.318. The lowest BCUT2D eigenvalue weighted by atomic mass is 10.1. The van der Waals surface area contributed by atoms with Crippen LogP contribution in [0.5, 0.6) is 11.5 Å². The number of benzene rings is 1. The maximum absolute atomic E-state index is 12.0. The lowest BCUT2D eigenvalue weighted by Crippen LogP contribution is -2.40. The molecule has 0 saturated heterocycles. The molecule has 7 heteroatoms. The topological polar surface area (TPSA) is 88.7 Å². The molecule has 0 unspecified atom stereocenters. The maximum Gasteiger partial charge on any atom is 0.315 e. The van der Waals surface area contributed by atoms with Gasteiger partial charge in [0.1, 0.15) is 0 Å². The summed E-state index contributed by atoms with van der Waals surface area (Å²) in [7, 11) is 1.58. The Kier molecular flexibility index (Phi) is 9.33. The van der Waals surface area contributed by atoms with Gasteiger partial charge in [0.05, 0.1) is 19.8 Å². The van der Waals surface area contributed by atoms with Gasteiger partial charge < -0.3 is 25.4 Å². The van der Waals surface area contributed by atoms with Gasteiger partial charge >= 0.3 is 6.03 Å². The Morgan fingerprint density at radius 3 is 2.46 bits per heavy atom. The van der Waals surface area contributed by atoms with E-state index in [1.807, 2.05) is 45.9 Å². The van der Waals surface area contributed by atoms with Gasteiger partial charge in [-0.1, -0.05) is 13.0 Å². The van der Waals surface area contributed by atoms with Crippen molar-refractivity contribution in [3.05, 3.63) is 23.8 Å². The molecule has 0 heterocycles. The van der Waals surface area contributed by atoms with E-state index in [0.29, 0.717) is 18.1 Å². The van der Waals surface area contributed by atoms with Crippen LogP contribution in [0.3, 0.4) is 0 Å². The first kappa shape index (κ1) is 21.6. The second-order valence-electron chi connectivity index (χ2n) is 6.09. The molecule has 26 heavy (non-hydrogen) atoms. The number of carbonyl (C=O) groups excluding carboxylic acids is 2. The lowest BCUT2D eigenvalue weighted by molar-refractivity contribution is -0.121. The highest BCUT2D eigenvalue weighted by Crippen LogP contribution is 2.30. The Labute approximate surface area is 155 Å². The Bertz CT molecular complexity index is 592. The summed E-state index contributed by atoms with van der Waals surface area (Å²) in [6.07, 6.45) is 1.13. The molecule has 3 N–H and O–H groups in total. The van der Waals surface area contributed by atoms with Crippen LogP contribution in [0.2, 0.25) is 0 Å². The zero-order valence-electron chi connectivity index (χ0n) is 16.3. The number of rotatable bonds is 10. The first-order valence-corrected chi connectivity index (χ1v) is 9.05. The fourth-order valence-corrected chi connectivity index (χ4v) is 2.30. The first-order valence-electron chi connectivity index (χ1n) is 9.05. The summed E-state index contributed by atoms with van der Waals surface area (Å²) in [5.41, 5.74) is 0.898. The van der Waals surface area contributed by atoms with Crippen LogP contribution in [-0.2, 0) is 4.79 Å². The molecule has 0 aromatic heterocycles. The number of methoxy groups -OCH3 is 1. The van der Waals surface area contributed by atoms with Crippen LogP contribution in [-0.4, -0.2) is 38.2 Å². The van der Waals surface area contributed by atoms with Gasteiger partial charge in [0.15, 0.2) is 11.5 Å². The number of hydrogen-bond donors (Lipinski definition) is 3. The number of ether oxygens (including phenoxy) is 2. The van der Waals surface area contributed by atoms with Gasteiger partial charge in [-0.2, -0.15) is 0 Å². The Morgan fingerprint density at radius 2 is 1.85 bits per heavy atom. The van der Waals surface area contributed by atoms with E-state index in [2.05, 4.69) is 16.0 Å². The van der Waals surface area contributed by atoms with E-state index < -0.39 is 0 Å². The molecule has 1 rings (SSSR count). The minimum Gasteiger partial charge on any atom is -0.493 e. The fourth-order valence-electron chi connectivity index (χ4n) is 2.30. The van der Waals surface area contributed by atoms with Crippen molar-refractivity contribution in [1.82, 2.24) is 16.0 Å². The molecule has 1 aromatic rings. The van der Waals surface area contributed by atoms with Crippen molar-refractivity contribution in [2.24, 2.45) is 0 Å². The number of hydrogen-bond acceptors (Lipinski definition) is 4. The molecule has 7 nitrogen and oxygen atoms in total. The van der Waals surface area contributed by atoms with Crippen LogP contribution in [0.4, 0.5) is 4.79 Å². The van der Waals surface area contributed by atoms with E-state index >= 15 is 0 Å². The molecule has 2 atom stereocenters. The summed E-state index contributed by atoms with van der Waals surface area (Å²) in [4.78, 5) is 23.7. The molecule has 0 spiro atoms. The number of amides is 3. The molecule has 0 aliphatic carbocycles. The van der Waals surface area contributed by atoms with Crippen molar-refractivity contribution in [2.45, 2.75) is 52.6 Å². The van der Waals surface area contributed by atoms with Crippen LogP contribution < -0.4 is 25.4 Å². The van der Waals surface area contributed by atoms with Gasteiger partial charge in [-0.15, -0.1) is 0 Å². The standard InChI is InChI=1S/C19H31N3O4/c1-6-13(3)21-18(23)10-11-20-19(24)22-14(4)15-8-9-16(26-7-2)17(12-15)25-5/h8-9,12-14H,6-7,10-11H2,1-5H3,(H,21,23)(H2,20,22,24)/t13-,14-/m0/s1. The molecule has 0 fully saturated rings. The molecule has 0 saturated carbocycles. The van der Waals surface area contributed by atoms with Crippen molar-refractivity contribution in [3.8, 4) is 11.5 Å². The third-order valence-corrected chi connectivity index (χ3v) is 3.99. The van der Waals surface area contributed by atoms with Gasteiger partial charge in [0.25, 0.3) is 0 Å². The predicted molar refractivity (Wildman–Crippen MR) is 102 cm³/mol. The Morgan fingerprint density at radius 1 is 1.12 bits per heavy atom. The smallest absolute Gasteiger partial charge is 0.315 e. The van der Waals surface area contributed by atoms with Gasteiger partial charge in [-0.05, 0) is 44.9 Å². The van der Waals surface area contributed by atoms with Crippen molar-refractivity contribution in [2.75, 3.05) is 20.3 Å². The second-order valence-corrected chi connectivity index (χ2v) is 6.09. The van der Waals surface area contributed by atoms with Crippen LogP contribution >= 0.6 is 0 Å². The van der Waals surface area contributed by atoms with Crippen LogP contribution in [0.15, 0.2) is 18.2 Å². The predicted octanol–water partition coefficient (Wildman–Crippen LogP) is 2.76. The molecule has 0 aliphatic rings. The quantitative estimate of drug-likeness (QED) is 0.595. The molecule has 1 aromatic carbocycles. The number of carbonyl (C=O) groups is 2. The zero-order chi connectivity index (χ0) is 19.5. The largest absolute Gasteiger partial charge is 0.493 e. The van der Waals surface area contributed by atoms with E-state index in [-0.39, 0.29) is 37.0 Å². The highest BCUT2D eigenvalue weighted by molar-refractivity contribution is 5.78. The van der Waals surface area contributed by atoms with Crippen molar-refractivity contribution >= 4 is 11.9 Å². The summed E-state index contributed by atoms with van der Waals surface area (Å²) in [5, 5.41) is 8.41. The van der Waals surface area contributed by atoms with E-state index in [0.717, 1.165) is 12.0 Å². The second kappa shape index (κ2) is 11.2. The van der Waals surface area contributed by atoms with Crippen LogP contribution in [0, 0.1) is 0 Å². The molecule has 0 aliphatic heterocycles. The molecular weight excluding hydrogens is 334 g/mol. The highest BCUT2D eigenvalue weighted by atomic mass is 16.5. The number of nitrogens with one attached hydrogen (secondary N) is 3. The average Bonchev–Trinajstić information content (AvgIpc) is 2.61. The van der Waals surface area contributed by atoms with Gasteiger partial charge in [0.2, 0.25) is 5.91 Å². The molecule has 146 valence electrons. The minimum absolute atomic E-state index is 0.0658. The number of urea groups is 1. The van der Waals surface area contributed by atoms with Crippen molar-refractivity contribution in [3.63, 3.8) is 0 Å². The summed E-state index contributed by atoms with van der Waals surface area (Å²) < 4.78 is 10.8. The molecule has 0 radical (unpaired) electrons. The molecular formula is C19H31N3O4. The summed E-state index contributed by atoms with van der Waals surface area (Å²) >= 11 is 0. The van der Waals surface area contributed by atoms with E-state index in [1.54, 1.807) is 7.11 Å². The maximum atomic E-state index is 12.0. The SMILES string of the molecule is CCOc1ccc([C@H](C)NC(=O)NCCC(=O)N[C@@H](C)CC)cc1OC. The summed E-state index contributed by atoms with van der Waals surface area (Å²) in [6, 6.07) is 5.17. The lowest BCUT2D eigenvalue weighted by Gasteiger charge is -2.17. The zero-order valence-corrected chi connectivity index (χ0v) is 16.3. The van der Waals surface area contributed by atoms with Crippen molar-refractivity contribution < 1.29 is 19.1 Å². The summed E-state index contributed by atoms with van der Waals surface area (Å²) in [6.45, 7) is 8.58. The van der Waals surface area contributed by atoms with Crippen molar-refractivity contribution in [1.29, 1.82) is 0 Å². The molecule has 0 bridgehead atoms. The molecule has 3 amide bonds. The summed E-state index contributed by atoms with van der Waals surface area (Å²) in [5.74, 6) is 1.23. The fraction of sp³-hybridized carbons (Fsp3) is 0.579. The first-order chi connectivity index (χ1) is 12.4. The normalized spacial score (nSPS) is 12.7. The van der Waals surface area contributed by atoms with Gasteiger partial charge in [-0.25, -0.2) is 4.79 Å². The van der Waals surface area contributed by atoms with Crippen LogP contribution in [0.25, 0.3) is 0 Å². The van der Waals surface area contributed by atoms with E-state index in [9.17, 15) is 9.59 Å². The Balaban J connectivity index is 2.48. The van der Waals surface area contributed by atoms with Crippen LogP contribution in [0.1, 0.15) is 52.1 Å². The average molecular weight is 365 g/mol. The van der Waals surface area contributed by atoms with E-state index in [1.165, 1.54) is 0 Å². The highest BCUT2D eigenvalue weighted by Gasteiger charge is 2.13. The monoisotopic (exact) mass is 365 g/mol. The third kappa shape index (κ3) is 7.21. The van der Waals surface area contributed by atoms with Gasteiger partial charge in [0, 0.05) is 19.0 Å². The third-order valence-electron chi connectivity index (χ3n) is 3.99. The Hall–Kier alpha value is -2.44.